The van der Waals surface area contributed by atoms with Crippen LogP contribution in [0.2, 0.25) is 13.6 Å². The molecule has 2 heteroatoms. The third kappa shape index (κ3) is 18.2. The van der Waals surface area contributed by atoms with Gasteiger partial charge in [-0.15, -0.1) is 0 Å². The molecule has 0 spiro atoms. The van der Waals surface area contributed by atoms with Gasteiger partial charge >= 0.3 is 58.2 Å². The molecule has 0 aliphatic rings. The number of rotatable bonds is 0. The van der Waals surface area contributed by atoms with Crippen molar-refractivity contribution in [2.75, 3.05) is 0 Å². The molecule has 0 aliphatic heterocycles. The third-order valence-electron chi connectivity index (χ3n) is 0.667. The Kier molecular flexibility index (Phi) is 28.2. The smallest absolute Gasteiger partial charge is 0.358 e. The van der Waals surface area contributed by atoms with Crippen LogP contribution < -0.4 is 58.2 Å². The van der Waals surface area contributed by atoms with Crippen LogP contribution in [0.25, 0.3) is 0 Å². The fourth-order valence-corrected chi connectivity index (χ4v) is 0.385. The first-order valence-electron chi connectivity index (χ1n) is 3.15. The zero-order valence-corrected chi connectivity index (χ0v) is 13.0. The molecule has 0 fully saturated rings. The molecule has 1 rings (SSSR count). The van der Waals surface area contributed by atoms with E-state index in [0.717, 1.165) is 0 Å². The topological polar surface area (TPSA) is 0 Å². The quantitative estimate of drug-likeness (QED) is 0.423. The normalized spacial score (nSPS) is 5.64. The minimum Gasteiger partial charge on any atom is -0.358 e. The van der Waals surface area contributed by atoms with Crippen molar-refractivity contribution in [2.45, 2.75) is 13.6 Å². The van der Waals surface area contributed by atoms with Crippen molar-refractivity contribution < 1.29 is 58.2 Å². The van der Waals surface area contributed by atoms with Crippen molar-refractivity contribution in [3.63, 3.8) is 0 Å². The molecule has 0 atom stereocenters. The van der Waals surface area contributed by atoms with E-state index in [1.807, 2.05) is 57.3 Å². The monoisotopic (exact) mass is 219 g/mol. The van der Waals surface area contributed by atoms with Crippen LogP contribution in [-0.4, -0.2) is 7.28 Å². The molecule has 0 saturated carbocycles. The second kappa shape index (κ2) is 17.3. The van der Waals surface area contributed by atoms with Crippen LogP contribution in [0.5, 0.6) is 0 Å². The zero-order chi connectivity index (χ0) is 6.95. The summed E-state index contributed by atoms with van der Waals surface area (Å²) in [5, 5.41) is 0. The fourth-order valence-electron chi connectivity index (χ4n) is 0.385. The van der Waals surface area contributed by atoms with Crippen LogP contribution in [0, 0.1) is 7.43 Å². The second-order valence-electron chi connectivity index (χ2n) is 1.73. The van der Waals surface area contributed by atoms with Crippen LogP contribution >= 0.6 is 0 Å². The minimum atomic E-state index is 0. The van der Waals surface area contributed by atoms with Crippen LogP contribution in [-0.2, 0) is 0 Å². The Bertz CT molecular complexity index is 92.4. The first-order chi connectivity index (χ1) is 4.41. The fraction of sp³-hybridized carbons (Fsp3) is 0.222. The summed E-state index contributed by atoms with van der Waals surface area (Å²) in [4.78, 5) is 0. The van der Waals surface area contributed by atoms with Crippen molar-refractivity contribution in [2.24, 2.45) is 0 Å². The van der Waals surface area contributed by atoms with Gasteiger partial charge in [-0.3, -0.25) is 0 Å². The molecule has 0 nitrogen and oxygen atoms in total. The molecule has 0 bridgehead atoms. The van der Waals surface area contributed by atoms with Crippen molar-refractivity contribution in [1.29, 1.82) is 0 Å². The van der Waals surface area contributed by atoms with E-state index in [2.05, 4.69) is 0 Å². The van der Waals surface area contributed by atoms with Crippen LogP contribution in [0.3, 0.4) is 0 Å². The molecule has 0 aliphatic carbocycles. The van der Waals surface area contributed by atoms with Crippen molar-refractivity contribution in [3.05, 3.63) is 43.8 Å². The van der Waals surface area contributed by atoms with Crippen molar-refractivity contribution >= 4 is 7.28 Å². The maximum atomic E-state index is 2.00. The molecule has 1 aromatic rings. The van der Waals surface area contributed by atoms with Gasteiger partial charge in [0.1, 0.15) is 7.28 Å². The van der Waals surface area contributed by atoms with E-state index in [1.165, 1.54) is 0 Å². The first-order valence-corrected chi connectivity index (χ1v) is 3.15. The maximum Gasteiger partial charge on any atom is 1.00 e. The van der Waals surface area contributed by atoms with Crippen LogP contribution in [0.4, 0.5) is 0 Å². The molecule has 0 aromatic heterocycles. The van der Waals surface area contributed by atoms with Gasteiger partial charge in [-0.05, 0) is 0 Å². The molecule has 0 unspecified atom stereocenters. The van der Waals surface area contributed by atoms with E-state index in [1.54, 1.807) is 0 Å². The Morgan fingerprint density at radius 1 is 0.727 bits per heavy atom. The van der Waals surface area contributed by atoms with Gasteiger partial charge < -0.3 is 7.43 Å². The summed E-state index contributed by atoms with van der Waals surface area (Å²) in [6, 6.07) is 12.0. The molecule has 1 radical (unpaired) electrons. The average Bonchev–Trinajstić information content (AvgIpc) is 1.93. The molecule has 55 valence electrons. The van der Waals surface area contributed by atoms with E-state index >= 15 is 0 Å². The molecule has 11 heavy (non-hydrogen) atoms. The first kappa shape index (κ1) is 18.0. The Balaban J connectivity index is -0.000000116. The molecular weight excluding hydrogens is 204 g/mol. The van der Waals surface area contributed by atoms with Crippen LogP contribution in [0.15, 0.2) is 36.4 Å². The predicted octanol–water partition coefficient (Wildman–Crippen LogP) is -0.0723. The molecular formula is C9H15BRb. The Labute approximate surface area is 121 Å². The van der Waals surface area contributed by atoms with Gasteiger partial charge in [0.15, 0.2) is 0 Å². The van der Waals surface area contributed by atoms with Crippen molar-refractivity contribution in [1.82, 2.24) is 0 Å². The van der Waals surface area contributed by atoms with Gasteiger partial charge in [0, 0.05) is 0 Å². The van der Waals surface area contributed by atoms with Gasteiger partial charge in [-0.1, -0.05) is 50.0 Å². The molecule has 0 amide bonds. The molecule has 0 N–H and O–H groups in total. The summed E-state index contributed by atoms with van der Waals surface area (Å²) < 4.78 is 0. The summed E-state index contributed by atoms with van der Waals surface area (Å²) in [5.74, 6) is 0. The Hall–Kier alpha value is 1.09. The standard InChI is InChI=1S/C6H6.C2H6B.CH3.Rb/c1-2-4-6-5-3-1;1-3-2;;/h1-6H;1-2H3;1H3;/q;;-1;+1. The average molecular weight is 219 g/mol. The third-order valence-corrected chi connectivity index (χ3v) is 0.667. The van der Waals surface area contributed by atoms with Crippen molar-refractivity contribution in [3.8, 4) is 0 Å². The van der Waals surface area contributed by atoms with Gasteiger partial charge in [-0.2, -0.15) is 0 Å². The van der Waals surface area contributed by atoms with Gasteiger partial charge in [0.2, 0.25) is 0 Å². The second-order valence-corrected chi connectivity index (χ2v) is 1.73. The molecule has 0 saturated heterocycles. The largest absolute Gasteiger partial charge is 1.00 e. The van der Waals surface area contributed by atoms with Gasteiger partial charge in [0.05, 0.1) is 0 Å². The summed E-state index contributed by atoms with van der Waals surface area (Å²) in [6.45, 7) is 4.00. The van der Waals surface area contributed by atoms with Crippen LogP contribution in [0.1, 0.15) is 0 Å². The van der Waals surface area contributed by atoms with E-state index in [9.17, 15) is 0 Å². The van der Waals surface area contributed by atoms with E-state index in [4.69, 9.17) is 0 Å². The minimum absolute atomic E-state index is 0. The molecule has 0 heterocycles. The van der Waals surface area contributed by atoms with E-state index < -0.39 is 0 Å². The summed E-state index contributed by atoms with van der Waals surface area (Å²) in [5.41, 5.74) is 0. The predicted molar refractivity (Wildman–Crippen MR) is 50.3 cm³/mol. The summed E-state index contributed by atoms with van der Waals surface area (Å²) >= 11 is 0. The number of hydrogen-bond donors (Lipinski definition) is 0. The molecule has 1 aromatic carbocycles. The number of benzene rings is 1. The summed E-state index contributed by atoms with van der Waals surface area (Å²) in [6.07, 6.45) is 0. The summed E-state index contributed by atoms with van der Waals surface area (Å²) in [7, 11) is 2.00. The van der Waals surface area contributed by atoms with Gasteiger partial charge in [0.25, 0.3) is 0 Å². The number of hydrogen-bond acceptors (Lipinski definition) is 0. The SMILES string of the molecule is C[B]C.[CH3-].[Rb+].c1ccccc1. The van der Waals surface area contributed by atoms with E-state index in [-0.39, 0.29) is 65.6 Å². The van der Waals surface area contributed by atoms with Gasteiger partial charge in [-0.25, -0.2) is 0 Å². The zero-order valence-electron chi connectivity index (χ0n) is 8.04. The Morgan fingerprint density at radius 2 is 0.818 bits per heavy atom. The van der Waals surface area contributed by atoms with E-state index in [0.29, 0.717) is 0 Å². The maximum absolute atomic E-state index is 2.00. The Morgan fingerprint density at radius 3 is 0.909 bits per heavy atom.